The Morgan fingerprint density at radius 3 is 2.31 bits per heavy atom. The number of rotatable bonds is 8. The van der Waals surface area contributed by atoms with E-state index in [1.807, 2.05) is 65.1 Å². The molecule has 5 rings (SSSR count). The van der Waals surface area contributed by atoms with Crippen LogP contribution in [0.15, 0.2) is 97.6 Å². The molecule has 0 unspecified atom stereocenters. The Morgan fingerprint density at radius 2 is 1.61 bits per heavy atom. The van der Waals surface area contributed by atoms with Crippen molar-refractivity contribution in [2.45, 2.75) is 33.5 Å². The average molecular weight is 476 g/mol. The number of nitrogens with zero attached hydrogens (tertiary/aromatic N) is 4. The molecule has 1 amide bonds. The average Bonchev–Trinajstić information content (AvgIpc) is 3.52. The quantitative estimate of drug-likeness (QED) is 0.327. The van der Waals surface area contributed by atoms with Crippen LogP contribution in [-0.4, -0.2) is 25.2 Å². The number of imidazole rings is 1. The molecule has 0 aliphatic rings. The fraction of sp³-hybridized carbons (Fsp3) is 0.167. The van der Waals surface area contributed by atoms with Crippen LogP contribution in [0, 0.1) is 13.8 Å². The molecule has 0 atom stereocenters. The first-order chi connectivity index (χ1) is 17.5. The van der Waals surface area contributed by atoms with Gasteiger partial charge in [-0.25, -0.2) is 4.98 Å². The van der Waals surface area contributed by atoms with E-state index in [9.17, 15) is 4.79 Å². The third-order valence-corrected chi connectivity index (χ3v) is 6.30. The lowest BCUT2D eigenvalue weighted by Crippen LogP contribution is -2.23. The Balaban J connectivity index is 1.23. The molecule has 6 nitrogen and oxygen atoms in total. The van der Waals surface area contributed by atoms with Gasteiger partial charge in [-0.15, -0.1) is 0 Å². The van der Waals surface area contributed by atoms with Crippen molar-refractivity contribution in [2.75, 3.05) is 0 Å². The summed E-state index contributed by atoms with van der Waals surface area (Å²) in [5.41, 5.74) is 8.43. The predicted molar refractivity (Wildman–Crippen MR) is 142 cm³/mol. The smallest absolute Gasteiger partial charge is 0.251 e. The number of nitrogens with one attached hydrogen (secondary N) is 1. The van der Waals surface area contributed by atoms with E-state index < -0.39 is 0 Å². The molecule has 1 N–H and O–H groups in total. The fourth-order valence-corrected chi connectivity index (χ4v) is 4.38. The first-order valence-electron chi connectivity index (χ1n) is 12.1. The van der Waals surface area contributed by atoms with Crippen LogP contribution in [0.25, 0.3) is 11.1 Å². The van der Waals surface area contributed by atoms with E-state index in [-0.39, 0.29) is 5.91 Å². The van der Waals surface area contributed by atoms with Crippen LogP contribution in [0.1, 0.15) is 38.4 Å². The minimum Gasteiger partial charge on any atom is -0.348 e. The molecule has 0 aliphatic heterocycles. The van der Waals surface area contributed by atoms with Crippen molar-refractivity contribution < 1.29 is 4.79 Å². The summed E-state index contributed by atoms with van der Waals surface area (Å²) in [6.45, 7) is 5.98. The van der Waals surface area contributed by atoms with Crippen LogP contribution >= 0.6 is 0 Å². The van der Waals surface area contributed by atoms with Crippen LogP contribution in [0.5, 0.6) is 0 Å². The maximum Gasteiger partial charge on any atom is 0.251 e. The molecule has 0 saturated heterocycles. The van der Waals surface area contributed by atoms with E-state index in [1.54, 1.807) is 6.20 Å². The molecular formula is C30H29N5O. The minimum absolute atomic E-state index is 0.0850. The number of carbonyl (C=O) groups excluding carboxylic acids is 1. The van der Waals surface area contributed by atoms with Crippen LogP contribution in [0.2, 0.25) is 0 Å². The van der Waals surface area contributed by atoms with E-state index in [0.717, 1.165) is 40.2 Å². The van der Waals surface area contributed by atoms with Crippen molar-refractivity contribution in [1.82, 2.24) is 24.6 Å². The van der Waals surface area contributed by atoms with Gasteiger partial charge in [0.2, 0.25) is 0 Å². The van der Waals surface area contributed by atoms with Gasteiger partial charge in [0.25, 0.3) is 5.91 Å². The molecule has 0 spiro atoms. The molecule has 180 valence electrons. The third kappa shape index (κ3) is 5.44. The summed E-state index contributed by atoms with van der Waals surface area (Å²) in [4.78, 5) is 17.0. The lowest BCUT2D eigenvalue weighted by Gasteiger charge is -2.12. The van der Waals surface area contributed by atoms with E-state index in [2.05, 4.69) is 64.8 Å². The van der Waals surface area contributed by atoms with E-state index in [0.29, 0.717) is 18.7 Å². The highest BCUT2D eigenvalue weighted by molar-refractivity contribution is 5.94. The van der Waals surface area contributed by atoms with Gasteiger partial charge in [0.15, 0.2) is 0 Å². The summed E-state index contributed by atoms with van der Waals surface area (Å²) >= 11 is 0. The van der Waals surface area contributed by atoms with Crippen LogP contribution < -0.4 is 5.32 Å². The summed E-state index contributed by atoms with van der Waals surface area (Å²) in [5, 5.41) is 7.60. The molecular weight excluding hydrogens is 446 g/mol. The number of benzene rings is 3. The van der Waals surface area contributed by atoms with Crippen molar-refractivity contribution >= 4 is 5.91 Å². The Hall–Kier alpha value is -4.45. The number of hydrogen-bond acceptors (Lipinski definition) is 3. The summed E-state index contributed by atoms with van der Waals surface area (Å²) in [6.07, 6.45) is 5.57. The van der Waals surface area contributed by atoms with Gasteiger partial charge in [-0.2, -0.15) is 5.10 Å². The summed E-state index contributed by atoms with van der Waals surface area (Å²) in [5.74, 6) is -0.0850. The second-order valence-corrected chi connectivity index (χ2v) is 9.05. The first-order valence-corrected chi connectivity index (χ1v) is 12.1. The molecule has 0 aliphatic carbocycles. The molecule has 5 aromatic rings. The fourth-order valence-electron chi connectivity index (χ4n) is 4.38. The van der Waals surface area contributed by atoms with Gasteiger partial charge in [0.05, 0.1) is 18.6 Å². The molecule has 0 saturated carbocycles. The maximum atomic E-state index is 12.9. The minimum atomic E-state index is -0.0850. The summed E-state index contributed by atoms with van der Waals surface area (Å²) in [6, 6.07) is 26.5. The SMILES string of the molecule is Cc1cc(C)n(Cc2ccc(C(=O)NCc3ccccc3-c3ccc(Cn4ccnc4)cc3)cc2)n1. The number of hydrogen-bond donors (Lipinski definition) is 1. The molecule has 0 radical (unpaired) electrons. The zero-order valence-corrected chi connectivity index (χ0v) is 20.6. The van der Waals surface area contributed by atoms with Gasteiger partial charge in [-0.05, 0) is 59.9 Å². The summed E-state index contributed by atoms with van der Waals surface area (Å²) in [7, 11) is 0. The molecule has 0 bridgehead atoms. The number of carbonyl (C=O) groups is 1. The first kappa shape index (κ1) is 23.3. The monoisotopic (exact) mass is 475 g/mol. The molecule has 36 heavy (non-hydrogen) atoms. The molecule has 3 aromatic carbocycles. The molecule has 6 heteroatoms. The van der Waals surface area contributed by atoms with Crippen LogP contribution in [-0.2, 0) is 19.6 Å². The van der Waals surface area contributed by atoms with Gasteiger partial charge >= 0.3 is 0 Å². The second-order valence-electron chi connectivity index (χ2n) is 9.05. The number of amides is 1. The standard InChI is InChI=1S/C30H29N5O/c1-22-17-23(2)35(33-22)20-25-9-13-27(14-10-25)30(36)32-18-28-5-3-4-6-29(28)26-11-7-24(8-12-26)19-34-16-15-31-21-34/h3-17,21H,18-20H2,1-2H3,(H,32,36). The van der Waals surface area contributed by atoms with E-state index >= 15 is 0 Å². The third-order valence-electron chi connectivity index (χ3n) is 6.30. The topological polar surface area (TPSA) is 64.7 Å². The van der Waals surface area contributed by atoms with Crippen LogP contribution in [0.3, 0.4) is 0 Å². The van der Waals surface area contributed by atoms with Crippen molar-refractivity contribution in [2.24, 2.45) is 0 Å². The molecule has 2 aromatic heterocycles. The Kier molecular flexibility index (Phi) is 6.76. The van der Waals surface area contributed by atoms with Gasteiger partial charge in [-0.3, -0.25) is 9.48 Å². The predicted octanol–water partition coefficient (Wildman–Crippen LogP) is 5.39. The van der Waals surface area contributed by atoms with Gasteiger partial charge in [-0.1, -0.05) is 60.7 Å². The lowest BCUT2D eigenvalue weighted by atomic mass is 9.98. The van der Waals surface area contributed by atoms with E-state index in [1.165, 1.54) is 5.56 Å². The zero-order valence-electron chi connectivity index (χ0n) is 20.6. The largest absolute Gasteiger partial charge is 0.348 e. The highest BCUT2D eigenvalue weighted by Crippen LogP contribution is 2.24. The molecule has 0 fully saturated rings. The van der Waals surface area contributed by atoms with E-state index in [4.69, 9.17) is 0 Å². The maximum absolute atomic E-state index is 12.9. The number of aryl methyl sites for hydroxylation is 2. The summed E-state index contributed by atoms with van der Waals surface area (Å²) < 4.78 is 4.02. The van der Waals surface area contributed by atoms with Gasteiger partial charge in [0.1, 0.15) is 0 Å². The molecule has 2 heterocycles. The highest BCUT2D eigenvalue weighted by atomic mass is 16.1. The van der Waals surface area contributed by atoms with Gasteiger partial charge in [0, 0.05) is 36.7 Å². The van der Waals surface area contributed by atoms with Crippen molar-refractivity contribution in [3.63, 3.8) is 0 Å². The van der Waals surface area contributed by atoms with Crippen LogP contribution in [0.4, 0.5) is 0 Å². The van der Waals surface area contributed by atoms with Crippen molar-refractivity contribution in [3.8, 4) is 11.1 Å². The Morgan fingerprint density at radius 1 is 0.889 bits per heavy atom. The number of aromatic nitrogens is 4. The zero-order chi connectivity index (χ0) is 24.9. The Bertz CT molecular complexity index is 1450. The normalized spacial score (nSPS) is 10.9. The highest BCUT2D eigenvalue weighted by Gasteiger charge is 2.10. The second kappa shape index (κ2) is 10.4. The lowest BCUT2D eigenvalue weighted by molar-refractivity contribution is 0.0951. The van der Waals surface area contributed by atoms with Crippen molar-refractivity contribution in [3.05, 3.63) is 131 Å². The van der Waals surface area contributed by atoms with Gasteiger partial charge < -0.3 is 9.88 Å². The van der Waals surface area contributed by atoms with Crippen molar-refractivity contribution in [1.29, 1.82) is 0 Å². The Labute approximate surface area is 211 Å².